The smallest absolute Gasteiger partial charge is 0.253 e. The van der Waals surface area contributed by atoms with Gasteiger partial charge in [-0.3, -0.25) is 9.59 Å². The molecule has 0 aliphatic carbocycles. The third-order valence-electron chi connectivity index (χ3n) is 4.80. The van der Waals surface area contributed by atoms with Crippen molar-refractivity contribution in [3.05, 3.63) is 70.2 Å². The van der Waals surface area contributed by atoms with E-state index in [9.17, 15) is 9.59 Å². The fraction of sp³-hybridized carbons (Fsp3) is 0.333. The monoisotopic (exact) mass is 414 g/mol. The second kappa shape index (κ2) is 8.99. The average molecular weight is 415 g/mol. The molecule has 5 heteroatoms. The molecule has 2 amide bonds. The quantitative estimate of drug-likeness (QED) is 0.811. The van der Waals surface area contributed by atoms with E-state index in [0.717, 1.165) is 23.7 Å². The summed E-state index contributed by atoms with van der Waals surface area (Å²) in [5, 5.41) is 3.04. The first-order valence-corrected chi connectivity index (χ1v) is 9.79. The SMILES string of the molecule is O=C(NCCc1ccccc1)C1CCN(C(=O)c2ccc(Br)cc2)CC1. The number of hydrogen-bond acceptors (Lipinski definition) is 2. The number of rotatable bonds is 5. The molecule has 26 heavy (non-hydrogen) atoms. The number of nitrogens with one attached hydrogen (secondary N) is 1. The van der Waals surface area contributed by atoms with E-state index >= 15 is 0 Å². The molecule has 1 aliphatic heterocycles. The molecule has 1 fully saturated rings. The van der Waals surface area contributed by atoms with Crippen LogP contribution in [0.15, 0.2) is 59.1 Å². The van der Waals surface area contributed by atoms with Crippen LogP contribution in [0.25, 0.3) is 0 Å². The van der Waals surface area contributed by atoms with Crippen molar-refractivity contribution in [2.45, 2.75) is 19.3 Å². The van der Waals surface area contributed by atoms with Gasteiger partial charge in [0.15, 0.2) is 0 Å². The van der Waals surface area contributed by atoms with Gasteiger partial charge in [0, 0.05) is 35.6 Å². The third-order valence-corrected chi connectivity index (χ3v) is 5.33. The minimum atomic E-state index is -0.000240. The highest BCUT2D eigenvalue weighted by atomic mass is 79.9. The van der Waals surface area contributed by atoms with E-state index in [0.29, 0.717) is 25.2 Å². The zero-order chi connectivity index (χ0) is 18.4. The van der Waals surface area contributed by atoms with Crippen LogP contribution in [0, 0.1) is 5.92 Å². The first kappa shape index (κ1) is 18.6. The van der Waals surface area contributed by atoms with Gasteiger partial charge in [-0.15, -0.1) is 0 Å². The number of halogens is 1. The summed E-state index contributed by atoms with van der Waals surface area (Å²) in [7, 11) is 0. The Balaban J connectivity index is 1.43. The van der Waals surface area contributed by atoms with Crippen molar-refractivity contribution in [3.63, 3.8) is 0 Å². The van der Waals surface area contributed by atoms with E-state index in [2.05, 4.69) is 33.4 Å². The molecule has 1 aliphatic rings. The minimum absolute atomic E-state index is 0.000240. The topological polar surface area (TPSA) is 49.4 Å². The van der Waals surface area contributed by atoms with E-state index < -0.39 is 0 Å². The summed E-state index contributed by atoms with van der Waals surface area (Å²) in [5.41, 5.74) is 1.92. The average Bonchev–Trinajstić information content (AvgIpc) is 2.69. The van der Waals surface area contributed by atoms with Crippen LogP contribution in [0.5, 0.6) is 0 Å². The summed E-state index contributed by atoms with van der Waals surface area (Å²) >= 11 is 3.38. The predicted octanol–water partition coefficient (Wildman–Crippen LogP) is 3.66. The van der Waals surface area contributed by atoms with Crippen LogP contribution < -0.4 is 5.32 Å². The fourth-order valence-corrected chi connectivity index (χ4v) is 3.50. The van der Waals surface area contributed by atoms with Crippen molar-refractivity contribution in [3.8, 4) is 0 Å². The Bertz CT molecular complexity index is 738. The molecule has 0 saturated carbocycles. The van der Waals surface area contributed by atoms with E-state index in [4.69, 9.17) is 0 Å². The van der Waals surface area contributed by atoms with E-state index in [1.165, 1.54) is 5.56 Å². The second-order valence-electron chi connectivity index (χ2n) is 6.60. The second-order valence-corrected chi connectivity index (χ2v) is 7.52. The van der Waals surface area contributed by atoms with Crippen LogP contribution in [0.3, 0.4) is 0 Å². The van der Waals surface area contributed by atoms with Gasteiger partial charge < -0.3 is 10.2 Å². The van der Waals surface area contributed by atoms with Gasteiger partial charge in [0.25, 0.3) is 5.91 Å². The summed E-state index contributed by atoms with van der Waals surface area (Å²) in [4.78, 5) is 26.7. The molecule has 0 radical (unpaired) electrons. The van der Waals surface area contributed by atoms with E-state index in [1.807, 2.05) is 47.4 Å². The molecular weight excluding hydrogens is 392 g/mol. The van der Waals surface area contributed by atoms with Crippen LogP contribution >= 0.6 is 15.9 Å². The fourth-order valence-electron chi connectivity index (χ4n) is 3.24. The molecule has 0 aromatic heterocycles. The van der Waals surface area contributed by atoms with Gasteiger partial charge in [-0.2, -0.15) is 0 Å². The van der Waals surface area contributed by atoms with Crippen LogP contribution in [0.1, 0.15) is 28.8 Å². The largest absolute Gasteiger partial charge is 0.356 e. The van der Waals surface area contributed by atoms with Crippen LogP contribution in [0.4, 0.5) is 0 Å². The Morgan fingerprint density at radius 1 is 1.00 bits per heavy atom. The molecule has 4 nitrogen and oxygen atoms in total. The number of benzene rings is 2. The number of likely N-dealkylation sites (tertiary alicyclic amines) is 1. The Hall–Kier alpha value is -2.14. The van der Waals surface area contributed by atoms with Gasteiger partial charge >= 0.3 is 0 Å². The first-order chi connectivity index (χ1) is 12.6. The zero-order valence-electron chi connectivity index (χ0n) is 14.7. The summed E-state index contributed by atoms with van der Waals surface area (Å²) < 4.78 is 0.958. The van der Waals surface area contributed by atoms with Crippen LogP contribution in [0.2, 0.25) is 0 Å². The number of amides is 2. The molecule has 0 bridgehead atoms. The summed E-state index contributed by atoms with van der Waals surface area (Å²) in [6.07, 6.45) is 2.28. The summed E-state index contributed by atoms with van der Waals surface area (Å²) in [6.45, 7) is 1.91. The highest BCUT2D eigenvalue weighted by Crippen LogP contribution is 2.20. The number of carbonyl (C=O) groups excluding carboxylic acids is 2. The van der Waals surface area contributed by atoms with Gasteiger partial charge in [-0.05, 0) is 49.1 Å². The van der Waals surface area contributed by atoms with Gasteiger partial charge in [-0.25, -0.2) is 0 Å². The maximum absolute atomic E-state index is 12.5. The lowest BCUT2D eigenvalue weighted by molar-refractivity contribution is -0.126. The normalized spacial score (nSPS) is 14.9. The standard InChI is InChI=1S/C21H23BrN2O2/c22-19-8-6-18(7-9-19)21(26)24-14-11-17(12-15-24)20(25)23-13-10-16-4-2-1-3-5-16/h1-9,17H,10-15H2,(H,23,25). The Labute approximate surface area is 162 Å². The Kier molecular flexibility index (Phi) is 6.45. The third kappa shape index (κ3) is 4.94. The van der Waals surface area contributed by atoms with E-state index in [-0.39, 0.29) is 17.7 Å². The number of piperidine rings is 1. The van der Waals surface area contributed by atoms with Crippen LogP contribution in [-0.4, -0.2) is 36.3 Å². The van der Waals surface area contributed by atoms with Crippen molar-refractivity contribution >= 4 is 27.7 Å². The van der Waals surface area contributed by atoms with Gasteiger partial charge in [-0.1, -0.05) is 46.3 Å². The highest BCUT2D eigenvalue weighted by Gasteiger charge is 2.27. The molecule has 0 atom stereocenters. The van der Waals surface area contributed by atoms with Gasteiger partial charge in [0.1, 0.15) is 0 Å². The highest BCUT2D eigenvalue weighted by molar-refractivity contribution is 9.10. The van der Waals surface area contributed by atoms with Crippen molar-refractivity contribution in [1.82, 2.24) is 10.2 Å². The molecule has 1 N–H and O–H groups in total. The Morgan fingerprint density at radius 2 is 1.65 bits per heavy atom. The first-order valence-electron chi connectivity index (χ1n) is 9.00. The minimum Gasteiger partial charge on any atom is -0.356 e. The molecule has 136 valence electrons. The molecular formula is C21H23BrN2O2. The lowest BCUT2D eigenvalue weighted by atomic mass is 9.95. The van der Waals surface area contributed by atoms with Crippen molar-refractivity contribution in [2.75, 3.05) is 19.6 Å². The van der Waals surface area contributed by atoms with Crippen LogP contribution in [-0.2, 0) is 11.2 Å². The molecule has 1 heterocycles. The van der Waals surface area contributed by atoms with Crippen molar-refractivity contribution in [1.29, 1.82) is 0 Å². The zero-order valence-corrected chi connectivity index (χ0v) is 16.2. The van der Waals surface area contributed by atoms with E-state index in [1.54, 1.807) is 0 Å². The lowest BCUT2D eigenvalue weighted by Gasteiger charge is -2.31. The van der Waals surface area contributed by atoms with Crippen molar-refractivity contribution in [2.24, 2.45) is 5.92 Å². The number of nitrogens with zero attached hydrogens (tertiary/aromatic N) is 1. The maximum atomic E-state index is 12.5. The predicted molar refractivity (Wildman–Crippen MR) is 106 cm³/mol. The molecule has 3 rings (SSSR count). The van der Waals surface area contributed by atoms with Gasteiger partial charge in [0.2, 0.25) is 5.91 Å². The summed E-state index contributed by atoms with van der Waals surface area (Å²) in [5.74, 6) is 0.150. The molecule has 1 saturated heterocycles. The number of hydrogen-bond donors (Lipinski definition) is 1. The van der Waals surface area contributed by atoms with Gasteiger partial charge in [0.05, 0.1) is 0 Å². The summed E-state index contributed by atoms with van der Waals surface area (Å²) in [6, 6.07) is 17.6. The molecule has 0 unspecified atom stereocenters. The lowest BCUT2D eigenvalue weighted by Crippen LogP contribution is -2.43. The molecule has 2 aromatic rings. The van der Waals surface area contributed by atoms with Crippen molar-refractivity contribution < 1.29 is 9.59 Å². The molecule has 2 aromatic carbocycles. The molecule has 0 spiro atoms. The number of carbonyl (C=O) groups is 2. The maximum Gasteiger partial charge on any atom is 0.253 e. The Morgan fingerprint density at radius 3 is 2.31 bits per heavy atom.